The first-order valence-electron chi connectivity index (χ1n) is 10.4. The summed E-state index contributed by atoms with van der Waals surface area (Å²) in [5, 5.41) is 0.649. The van der Waals surface area contributed by atoms with E-state index in [1.165, 1.54) is 35.7 Å². The van der Waals surface area contributed by atoms with Gasteiger partial charge in [0.1, 0.15) is 17.9 Å². The molecule has 0 atom stereocenters. The van der Waals surface area contributed by atoms with Crippen molar-refractivity contribution in [2.24, 2.45) is 0 Å². The summed E-state index contributed by atoms with van der Waals surface area (Å²) in [6.07, 6.45) is 2.59. The SMILES string of the molecule is COc1ccc2c(COC(=O)c3cc(S(=O)(=O)N4CCCCC4)ccc3Cl)cc(=O)oc2c1. The van der Waals surface area contributed by atoms with Gasteiger partial charge in [-0.15, -0.1) is 0 Å². The fourth-order valence-electron chi connectivity index (χ4n) is 3.75. The topological polar surface area (TPSA) is 103 Å². The quantitative estimate of drug-likeness (QED) is 0.379. The zero-order chi connectivity index (χ0) is 23.6. The largest absolute Gasteiger partial charge is 0.497 e. The van der Waals surface area contributed by atoms with Crippen LogP contribution < -0.4 is 10.4 Å². The van der Waals surface area contributed by atoms with Crippen LogP contribution in [0.2, 0.25) is 5.02 Å². The van der Waals surface area contributed by atoms with Gasteiger partial charge >= 0.3 is 11.6 Å². The van der Waals surface area contributed by atoms with Crippen LogP contribution in [0.1, 0.15) is 35.2 Å². The van der Waals surface area contributed by atoms with Crippen LogP contribution in [0.25, 0.3) is 11.0 Å². The number of carbonyl (C=O) groups excluding carboxylic acids is 1. The molecule has 0 radical (unpaired) electrons. The Balaban J connectivity index is 1.58. The highest BCUT2D eigenvalue weighted by molar-refractivity contribution is 7.89. The molecular formula is C23H22ClNO7S. The first-order valence-corrected chi connectivity index (χ1v) is 12.2. The number of hydrogen-bond acceptors (Lipinski definition) is 7. The summed E-state index contributed by atoms with van der Waals surface area (Å²) < 4.78 is 43.1. The Morgan fingerprint density at radius 2 is 1.85 bits per heavy atom. The molecule has 33 heavy (non-hydrogen) atoms. The summed E-state index contributed by atoms with van der Waals surface area (Å²) in [5.74, 6) is -0.288. The van der Waals surface area contributed by atoms with Crippen LogP contribution in [0, 0.1) is 0 Å². The van der Waals surface area contributed by atoms with Crippen molar-refractivity contribution in [3.63, 3.8) is 0 Å². The summed E-state index contributed by atoms with van der Waals surface area (Å²) >= 11 is 6.17. The fraction of sp³-hybridized carbons (Fsp3) is 0.304. The molecule has 0 spiro atoms. The van der Waals surface area contributed by atoms with Crippen LogP contribution in [0.3, 0.4) is 0 Å². The highest BCUT2D eigenvalue weighted by Crippen LogP contribution is 2.27. The molecule has 0 amide bonds. The Morgan fingerprint density at radius 3 is 2.58 bits per heavy atom. The second kappa shape index (κ2) is 9.54. The molecule has 0 N–H and O–H groups in total. The zero-order valence-electron chi connectivity index (χ0n) is 17.9. The Hall–Kier alpha value is -2.88. The minimum atomic E-state index is -3.74. The molecule has 1 aromatic heterocycles. The van der Waals surface area contributed by atoms with Gasteiger partial charge in [-0.1, -0.05) is 18.0 Å². The summed E-state index contributed by atoms with van der Waals surface area (Å²) in [4.78, 5) is 24.7. The van der Waals surface area contributed by atoms with Crippen molar-refractivity contribution in [3.05, 3.63) is 69.0 Å². The number of halogens is 1. The zero-order valence-corrected chi connectivity index (χ0v) is 19.4. The van der Waals surface area contributed by atoms with Crippen molar-refractivity contribution >= 4 is 38.6 Å². The number of esters is 1. The van der Waals surface area contributed by atoms with Crippen LogP contribution in [0.5, 0.6) is 5.75 Å². The number of hydrogen-bond donors (Lipinski definition) is 0. The highest BCUT2D eigenvalue weighted by atomic mass is 35.5. The maximum Gasteiger partial charge on any atom is 0.340 e. The van der Waals surface area contributed by atoms with E-state index in [-0.39, 0.29) is 22.1 Å². The first-order chi connectivity index (χ1) is 15.8. The lowest BCUT2D eigenvalue weighted by molar-refractivity contribution is 0.0473. The maximum atomic E-state index is 13.0. The van der Waals surface area contributed by atoms with Gasteiger partial charge in [0.25, 0.3) is 0 Å². The Morgan fingerprint density at radius 1 is 1.09 bits per heavy atom. The number of sulfonamides is 1. The molecule has 1 fully saturated rings. The van der Waals surface area contributed by atoms with Crippen molar-refractivity contribution in [1.29, 1.82) is 0 Å². The second-order valence-corrected chi connectivity index (χ2v) is 9.98. The highest BCUT2D eigenvalue weighted by Gasteiger charge is 2.27. The number of methoxy groups -OCH3 is 1. The predicted molar refractivity (Wildman–Crippen MR) is 122 cm³/mol. The molecule has 4 rings (SSSR count). The Bertz CT molecular complexity index is 1360. The van der Waals surface area contributed by atoms with E-state index >= 15 is 0 Å². The lowest BCUT2D eigenvalue weighted by atomic mass is 10.1. The first kappa shape index (κ1) is 23.3. The van der Waals surface area contributed by atoms with E-state index in [1.54, 1.807) is 18.2 Å². The van der Waals surface area contributed by atoms with Crippen LogP contribution >= 0.6 is 11.6 Å². The number of benzene rings is 2. The van der Waals surface area contributed by atoms with Gasteiger partial charge < -0.3 is 13.9 Å². The molecule has 174 valence electrons. The molecule has 1 aliphatic heterocycles. The number of fused-ring (bicyclic) bond motifs is 1. The molecule has 0 aliphatic carbocycles. The maximum absolute atomic E-state index is 13.0. The number of rotatable bonds is 6. The van der Waals surface area contributed by atoms with E-state index in [1.807, 2.05) is 0 Å². The van der Waals surface area contributed by atoms with Crippen molar-refractivity contribution < 1.29 is 27.1 Å². The van der Waals surface area contributed by atoms with Crippen LogP contribution in [0.4, 0.5) is 0 Å². The van der Waals surface area contributed by atoms with E-state index in [4.69, 9.17) is 25.5 Å². The summed E-state index contributed by atoms with van der Waals surface area (Å²) in [7, 11) is -2.25. The van der Waals surface area contributed by atoms with Gasteiger partial charge in [-0.3, -0.25) is 0 Å². The monoisotopic (exact) mass is 491 g/mol. The molecule has 1 aliphatic rings. The van der Waals surface area contributed by atoms with Crippen LogP contribution in [0.15, 0.2) is 56.6 Å². The van der Waals surface area contributed by atoms with Gasteiger partial charge in [0.2, 0.25) is 10.0 Å². The normalized spacial score (nSPS) is 14.8. The van der Waals surface area contributed by atoms with Crippen molar-refractivity contribution in [1.82, 2.24) is 4.31 Å². The molecule has 0 saturated carbocycles. The Kier molecular flexibility index (Phi) is 6.73. The van der Waals surface area contributed by atoms with E-state index in [0.29, 0.717) is 35.4 Å². The molecule has 10 heteroatoms. The standard InChI is InChI=1S/C23H22ClNO7S/c1-30-16-5-7-18-15(11-22(26)32-21(18)12-16)14-31-23(27)19-13-17(6-8-20(19)24)33(28,29)25-9-3-2-4-10-25/h5-8,11-13H,2-4,9-10,14H2,1H3. The third-order valence-corrected chi connectivity index (χ3v) is 7.73. The van der Waals surface area contributed by atoms with Gasteiger partial charge in [0, 0.05) is 36.2 Å². The number of carbonyl (C=O) groups is 1. The van der Waals surface area contributed by atoms with Crippen molar-refractivity contribution in [2.75, 3.05) is 20.2 Å². The van der Waals surface area contributed by atoms with Crippen LogP contribution in [-0.4, -0.2) is 38.9 Å². The minimum Gasteiger partial charge on any atom is -0.497 e. The fourth-order valence-corrected chi connectivity index (χ4v) is 5.49. The lowest BCUT2D eigenvalue weighted by Gasteiger charge is -2.26. The van der Waals surface area contributed by atoms with E-state index in [9.17, 15) is 18.0 Å². The summed E-state index contributed by atoms with van der Waals surface area (Å²) in [5.41, 5.74) is 0.0594. The van der Waals surface area contributed by atoms with Gasteiger partial charge in [-0.05, 0) is 43.2 Å². The van der Waals surface area contributed by atoms with Gasteiger partial charge in [-0.25, -0.2) is 18.0 Å². The smallest absolute Gasteiger partial charge is 0.340 e. The predicted octanol–water partition coefficient (Wildman–Crippen LogP) is 3.99. The Labute approximate surface area is 195 Å². The van der Waals surface area contributed by atoms with Gasteiger partial charge in [0.05, 0.1) is 22.6 Å². The number of nitrogens with zero attached hydrogens (tertiary/aromatic N) is 1. The molecular weight excluding hydrogens is 470 g/mol. The summed E-state index contributed by atoms with van der Waals surface area (Å²) in [6, 6.07) is 10.2. The van der Waals surface area contributed by atoms with E-state index in [0.717, 1.165) is 19.3 Å². The van der Waals surface area contributed by atoms with Crippen molar-refractivity contribution in [3.8, 4) is 5.75 Å². The molecule has 2 heterocycles. The van der Waals surface area contributed by atoms with E-state index < -0.39 is 21.6 Å². The molecule has 1 saturated heterocycles. The average Bonchev–Trinajstić information content (AvgIpc) is 2.82. The van der Waals surface area contributed by atoms with Crippen molar-refractivity contribution in [2.45, 2.75) is 30.8 Å². The van der Waals surface area contributed by atoms with Gasteiger partial charge in [-0.2, -0.15) is 4.31 Å². The van der Waals surface area contributed by atoms with Crippen LogP contribution in [-0.2, 0) is 21.4 Å². The van der Waals surface area contributed by atoms with E-state index in [2.05, 4.69) is 0 Å². The number of ether oxygens (including phenoxy) is 2. The molecule has 8 nitrogen and oxygen atoms in total. The molecule has 0 unspecified atom stereocenters. The second-order valence-electron chi connectivity index (χ2n) is 7.64. The van der Waals surface area contributed by atoms with Gasteiger partial charge in [0.15, 0.2) is 0 Å². The lowest BCUT2D eigenvalue weighted by Crippen LogP contribution is -2.35. The summed E-state index contributed by atoms with van der Waals surface area (Å²) in [6.45, 7) is 0.658. The minimum absolute atomic E-state index is 0.0151. The third kappa shape index (κ3) is 4.90. The average molecular weight is 492 g/mol. The molecule has 3 aromatic rings. The molecule has 0 bridgehead atoms. The molecule has 2 aromatic carbocycles. The number of piperidine rings is 1. The third-order valence-electron chi connectivity index (χ3n) is 5.51.